The zero-order chi connectivity index (χ0) is 11.3. The van der Waals surface area contributed by atoms with Crippen molar-refractivity contribution in [2.45, 2.75) is 25.8 Å². The largest absolute Gasteiger partial charge is 0.468 e. The van der Waals surface area contributed by atoms with Crippen LogP contribution < -0.4 is 5.73 Å². The third-order valence-electron chi connectivity index (χ3n) is 2.39. The van der Waals surface area contributed by atoms with Gasteiger partial charge in [-0.3, -0.25) is 4.79 Å². The number of aryl methyl sites for hydroxylation is 1. The second-order valence-corrected chi connectivity index (χ2v) is 3.50. The number of carbonyl (C=O) groups excluding carboxylic acids is 1. The predicted molar refractivity (Wildman–Crippen MR) is 59.5 cm³/mol. The molecular weight excluding hydrogens is 190 g/mol. The highest BCUT2D eigenvalue weighted by atomic mass is 16.5. The topological polar surface area (TPSA) is 52.3 Å². The van der Waals surface area contributed by atoms with Crippen molar-refractivity contribution in [2.24, 2.45) is 5.73 Å². The Labute approximate surface area is 90.2 Å². The monoisotopic (exact) mass is 207 g/mol. The Kier molecular flexibility index (Phi) is 4.31. The Hall–Kier alpha value is -1.35. The lowest BCUT2D eigenvalue weighted by atomic mass is 10.0. The molecule has 0 unspecified atom stereocenters. The van der Waals surface area contributed by atoms with Crippen LogP contribution in [0.3, 0.4) is 0 Å². The molecule has 1 rings (SSSR count). The van der Waals surface area contributed by atoms with Crippen molar-refractivity contribution in [3.8, 4) is 0 Å². The van der Waals surface area contributed by atoms with Crippen LogP contribution in [0.25, 0.3) is 0 Å². The smallest absolute Gasteiger partial charge is 0.322 e. The van der Waals surface area contributed by atoms with E-state index in [2.05, 4.69) is 23.8 Å². The summed E-state index contributed by atoms with van der Waals surface area (Å²) in [6, 6.07) is 7.55. The van der Waals surface area contributed by atoms with Crippen LogP contribution in [0.2, 0.25) is 0 Å². The van der Waals surface area contributed by atoms with Gasteiger partial charge >= 0.3 is 5.97 Å². The average Bonchev–Trinajstić information content (AvgIpc) is 2.29. The molecule has 0 aliphatic heterocycles. The van der Waals surface area contributed by atoms with Gasteiger partial charge in [-0.15, -0.1) is 0 Å². The molecule has 1 atom stereocenters. The van der Waals surface area contributed by atoms with Crippen molar-refractivity contribution in [3.63, 3.8) is 0 Å². The highest BCUT2D eigenvalue weighted by molar-refractivity contribution is 5.75. The van der Waals surface area contributed by atoms with Crippen LogP contribution in [0.1, 0.15) is 18.1 Å². The van der Waals surface area contributed by atoms with E-state index in [4.69, 9.17) is 5.73 Å². The molecular formula is C12H17NO2. The molecule has 0 fully saturated rings. The molecule has 0 radical (unpaired) electrons. The van der Waals surface area contributed by atoms with Crippen LogP contribution >= 0.6 is 0 Å². The fraction of sp³-hybridized carbons (Fsp3) is 0.417. The van der Waals surface area contributed by atoms with E-state index in [0.29, 0.717) is 6.42 Å². The third-order valence-corrected chi connectivity index (χ3v) is 2.39. The molecule has 0 amide bonds. The first-order valence-electron chi connectivity index (χ1n) is 5.08. The molecule has 2 N–H and O–H groups in total. The number of carbonyl (C=O) groups is 1. The van der Waals surface area contributed by atoms with E-state index in [1.165, 1.54) is 12.7 Å². The van der Waals surface area contributed by atoms with Crippen molar-refractivity contribution < 1.29 is 9.53 Å². The van der Waals surface area contributed by atoms with Crippen molar-refractivity contribution in [1.29, 1.82) is 0 Å². The molecule has 0 aromatic heterocycles. The number of rotatable bonds is 4. The van der Waals surface area contributed by atoms with E-state index in [9.17, 15) is 4.79 Å². The highest BCUT2D eigenvalue weighted by Gasteiger charge is 2.13. The first kappa shape index (κ1) is 11.7. The zero-order valence-corrected chi connectivity index (χ0v) is 9.19. The minimum atomic E-state index is -0.567. The SMILES string of the molecule is CCc1ccc(C[C@H](N)C(=O)OC)cc1. The van der Waals surface area contributed by atoms with Crippen molar-refractivity contribution in [2.75, 3.05) is 7.11 Å². The second-order valence-electron chi connectivity index (χ2n) is 3.50. The number of methoxy groups -OCH3 is 1. The number of hydrogen-bond acceptors (Lipinski definition) is 3. The van der Waals surface area contributed by atoms with Gasteiger partial charge in [0, 0.05) is 0 Å². The molecule has 1 aromatic carbocycles. The molecule has 15 heavy (non-hydrogen) atoms. The van der Waals surface area contributed by atoms with Gasteiger partial charge in [0.05, 0.1) is 7.11 Å². The van der Waals surface area contributed by atoms with Gasteiger partial charge in [0.15, 0.2) is 0 Å². The number of ether oxygens (including phenoxy) is 1. The van der Waals surface area contributed by atoms with Gasteiger partial charge in [-0.1, -0.05) is 31.2 Å². The average molecular weight is 207 g/mol. The Morgan fingerprint density at radius 1 is 1.33 bits per heavy atom. The maximum absolute atomic E-state index is 11.1. The second kappa shape index (κ2) is 5.51. The lowest BCUT2D eigenvalue weighted by molar-refractivity contribution is -0.142. The zero-order valence-electron chi connectivity index (χ0n) is 9.19. The summed E-state index contributed by atoms with van der Waals surface area (Å²) in [5.41, 5.74) is 8.00. The summed E-state index contributed by atoms with van der Waals surface area (Å²) in [5.74, 6) is -0.366. The summed E-state index contributed by atoms with van der Waals surface area (Å²) >= 11 is 0. The molecule has 0 spiro atoms. The van der Waals surface area contributed by atoms with Crippen LogP contribution in [-0.2, 0) is 22.4 Å². The van der Waals surface area contributed by atoms with Crippen LogP contribution in [0.5, 0.6) is 0 Å². The fourth-order valence-electron chi connectivity index (χ4n) is 1.40. The third kappa shape index (κ3) is 3.36. The minimum Gasteiger partial charge on any atom is -0.468 e. The number of esters is 1. The summed E-state index contributed by atoms with van der Waals surface area (Å²) in [5, 5.41) is 0. The Morgan fingerprint density at radius 3 is 2.33 bits per heavy atom. The van der Waals surface area contributed by atoms with Gasteiger partial charge in [0.25, 0.3) is 0 Å². The van der Waals surface area contributed by atoms with Crippen molar-refractivity contribution >= 4 is 5.97 Å². The lowest BCUT2D eigenvalue weighted by Crippen LogP contribution is -2.33. The van der Waals surface area contributed by atoms with E-state index >= 15 is 0 Å². The molecule has 3 heteroatoms. The van der Waals surface area contributed by atoms with E-state index in [0.717, 1.165) is 12.0 Å². The van der Waals surface area contributed by atoms with Gasteiger partial charge in [-0.2, -0.15) is 0 Å². The molecule has 0 bridgehead atoms. The summed E-state index contributed by atoms with van der Waals surface area (Å²) in [6.45, 7) is 2.11. The van der Waals surface area contributed by atoms with Crippen molar-refractivity contribution in [1.82, 2.24) is 0 Å². The number of nitrogens with two attached hydrogens (primary N) is 1. The van der Waals surface area contributed by atoms with Crippen LogP contribution in [-0.4, -0.2) is 19.1 Å². The summed E-state index contributed by atoms with van der Waals surface area (Å²) in [7, 11) is 1.35. The maximum atomic E-state index is 11.1. The Balaban J connectivity index is 2.60. The summed E-state index contributed by atoms with van der Waals surface area (Å²) in [4.78, 5) is 11.1. The molecule has 0 saturated heterocycles. The lowest BCUT2D eigenvalue weighted by Gasteiger charge is -2.09. The molecule has 0 aliphatic carbocycles. The summed E-state index contributed by atoms with van der Waals surface area (Å²) < 4.78 is 4.57. The normalized spacial score (nSPS) is 12.2. The van der Waals surface area contributed by atoms with E-state index in [-0.39, 0.29) is 5.97 Å². The van der Waals surface area contributed by atoms with E-state index < -0.39 is 6.04 Å². The Bertz CT molecular complexity index is 319. The van der Waals surface area contributed by atoms with Crippen LogP contribution in [0.4, 0.5) is 0 Å². The standard InChI is InChI=1S/C12H17NO2/c1-3-9-4-6-10(7-5-9)8-11(13)12(14)15-2/h4-7,11H,3,8,13H2,1-2H3/t11-/m0/s1. The van der Waals surface area contributed by atoms with Gasteiger partial charge < -0.3 is 10.5 Å². The first-order valence-corrected chi connectivity index (χ1v) is 5.08. The van der Waals surface area contributed by atoms with Gasteiger partial charge in [-0.05, 0) is 24.0 Å². The maximum Gasteiger partial charge on any atom is 0.322 e. The fourth-order valence-corrected chi connectivity index (χ4v) is 1.40. The quantitative estimate of drug-likeness (QED) is 0.757. The van der Waals surface area contributed by atoms with Crippen molar-refractivity contribution in [3.05, 3.63) is 35.4 Å². The van der Waals surface area contributed by atoms with Gasteiger partial charge in [-0.25, -0.2) is 0 Å². The molecule has 1 aromatic rings. The van der Waals surface area contributed by atoms with Crippen LogP contribution in [0.15, 0.2) is 24.3 Å². The predicted octanol–water partition coefficient (Wildman–Crippen LogP) is 1.29. The summed E-state index contributed by atoms with van der Waals surface area (Å²) in [6.07, 6.45) is 1.54. The van der Waals surface area contributed by atoms with E-state index in [1.807, 2.05) is 12.1 Å². The number of hydrogen-bond donors (Lipinski definition) is 1. The van der Waals surface area contributed by atoms with Crippen LogP contribution in [0, 0.1) is 0 Å². The molecule has 0 heterocycles. The van der Waals surface area contributed by atoms with Gasteiger partial charge in [0.1, 0.15) is 6.04 Å². The highest BCUT2D eigenvalue weighted by Crippen LogP contribution is 2.07. The Morgan fingerprint density at radius 2 is 1.87 bits per heavy atom. The first-order chi connectivity index (χ1) is 7.17. The van der Waals surface area contributed by atoms with E-state index in [1.54, 1.807) is 0 Å². The number of benzene rings is 1. The molecule has 0 aliphatic rings. The minimum absolute atomic E-state index is 0.366. The van der Waals surface area contributed by atoms with Gasteiger partial charge in [0.2, 0.25) is 0 Å². The molecule has 3 nitrogen and oxygen atoms in total. The molecule has 0 saturated carbocycles. The molecule has 82 valence electrons.